The van der Waals surface area contributed by atoms with Crippen molar-refractivity contribution >= 4 is 49.9 Å². The van der Waals surface area contributed by atoms with E-state index in [0.29, 0.717) is 23.1 Å². The fourth-order valence-corrected chi connectivity index (χ4v) is 5.28. The molecule has 1 aliphatic heterocycles. The summed E-state index contributed by atoms with van der Waals surface area (Å²) in [6.45, 7) is 0. The molecule has 10 heteroatoms. The van der Waals surface area contributed by atoms with Crippen molar-refractivity contribution in [2.75, 3.05) is 16.0 Å². The Balaban J connectivity index is 1.49. The Morgan fingerprint density at radius 1 is 0.947 bits per heavy atom. The Morgan fingerprint density at radius 3 is 2.53 bits per heavy atom. The standard InChI is InChI=1S/C28H22ClN5O3S/c1-38(35,36)33-21-10-5-9-19(15-21)24-17-25(26-11-6-14-37-26)34(32-24)28-30-23-13-12-20(29)16-22(23)27(31-28)18-7-3-2-4-8-18/h2-16,25,33H,17H2,1H3. The van der Waals surface area contributed by atoms with Crippen LogP contribution in [0.2, 0.25) is 5.02 Å². The van der Waals surface area contributed by atoms with E-state index in [-0.39, 0.29) is 6.04 Å². The summed E-state index contributed by atoms with van der Waals surface area (Å²) in [7, 11) is -3.42. The number of furan rings is 1. The fraction of sp³-hybridized carbons (Fsp3) is 0.107. The number of fused-ring (bicyclic) bond motifs is 1. The van der Waals surface area contributed by atoms with Gasteiger partial charge in [0, 0.05) is 28.1 Å². The first-order valence-electron chi connectivity index (χ1n) is 11.9. The van der Waals surface area contributed by atoms with Crippen LogP contribution in [0.25, 0.3) is 22.2 Å². The Hall–Kier alpha value is -4.21. The molecule has 0 amide bonds. The van der Waals surface area contributed by atoms with E-state index in [4.69, 9.17) is 31.1 Å². The lowest BCUT2D eigenvalue weighted by Gasteiger charge is -2.21. The third-order valence-corrected chi connectivity index (χ3v) is 7.02. The summed E-state index contributed by atoms with van der Waals surface area (Å²) >= 11 is 6.33. The van der Waals surface area contributed by atoms with Gasteiger partial charge in [-0.15, -0.1) is 0 Å². The lowest BCUT2D eigenvalue weighted by atomic mass is 10.0. The summed E-state index contributed by atoms with van der Waals surface area (Å²) in [6, 6.07) is 26.0. The molecular weight excluding hydrogens is 522 g/mol. The summed E-state index contributed by atoms with van der Waals surface area (Å²) in [5.41, 5.74) is 4.42. The van der Waals surface area contributed by atoms with E-state index < -0.39 is 10.0 Å². The van der Waals surface area contributed by atoms with E-state index >= 15 is 0 Å². The fourth-order valence-electron chi connectivity index (χ4n) is 4.56. The first kappa shape index (κ1) is 24.1. The molecule has 3 aromatic carbocycles. The molecule has 0 aliphatic carbocycles. The average molecular weight is 544 g/mol. The maximum Gasteiger partial charge on any atom is 0.248 e. The molecule has 1 unspecified atom stereocenters. The van der Waals surface area contributed by atoms with Crippen LogP contribution in [0.5, 0.6) is 0 Å². The predicted molar refractivity (Wildman–Crippen MR) is 150 cm³/mol. The summed E-state index contributed by atoms with van der Waals surface area (Å²) in [4.78, 5) is 9.82. The van der Waals surface area contributed by atoms with Gasteiger partial charge in [0.2, 0.25) is 16.0 Å². The number of hydrazone groups is 1. The van der Waals surface area contributed by atoms with Gasteiger partial charge in [0.25, 0.3) is 0 Å². The van der Waals surface area contributed by atoms with Crippen LogP contribution in [0, 0.1) is 0 Å². The van der Waals surface area contributed by atoms with Gasteiger partial charge in [0.15, 0.2) is 0 Å². The Bertz CT molecular complexity index is 1770. The van der Waals surface area contributed by atoms with Crippen LogP contribution in [0.4, 0.5) is 11.6 Å². The van der Waals surface area contributed by atoms with Gasteiger partial charge in [0.1, 0.15) is 11.8 Å². The first-order chi connectivity index (χ1) is 18.3. The summed E-state index contributed by atoms with van der Waals surface area (Å²) < 4.78 is 31.8. The molecule has 0 radical (unpaired) electrons. The van der Waals surface area contributed by atoms with Crippen molar-refractivity contribution in [2.45, 2.75) is 12.5 Å². The van der Waals surface area contributed by atoms with Crippen molar-refractivity contribution in [1.82, 2.24) is 9.97 Å². The lowest BCUT2D eigenvalue weighted by molar-refractivity contribution is 0.463. The number of anilines is 2. The minimum atomic E-state index is -3.42. The van der Waals surface area contributed by atoms with Crippen molar-refractivity contribution in [3.8, 4) is 11.3 Å². The van der Waals surface area contributed by atoms with Crippen LogP contribution in [0.3, 0.4) is 0 Å². The van der Waals surface area contributed by atoms with Crippen LogP contribution >= 0.6 is 11.6 Å². The molecular formula is C28H22ClN5O3S. The highest BCUT2D eigenvalue weighted by atomic mass is 35.5. The monoisotopic (exact) mass is 543 g/mol. The number of aromatic nitrogens is 2. The van der Waals surface area contributed by atoms with Crippen LogP contribution in [-0.4, -0.2) is 30.4 Å². The molecule has 0 spiro atoms. The van der Waals surface area contributed by atoms with Gasteiger partial charge < -0.3 is 4.42 Å². The van der Waals surface area contributed by atoms with Gasteiger partial charge in [-0.1, -0.05) is 54.1 Å². The first-order valence-corrected chi connectivity index (χ1v) is 14.1. The minimum absolute atomic E-state index is 0.292. The number of rotatable bonds is 6. The molecule has 190 valence electrons. The number of sulfonamides is 1. The van der Waals surface area contributed by atoms with Gasteiger partial charge in [-0.05, 0) is 48.0 Å². The molecule has 38 heavy (non-hydrogen) atoms. The zero-order valence-corrected chi connectivity index (χ0v) is 21.8. The molecule has 0 saturated heterocycles. The quantitative estimate of drug-likeness (QED) is 0.271. The van der Waals surface area contributed by atoms with Crippen LogP contribution in [-0.2, 0) is 10.0 Å². The minimum Gasteiger partial charge on any atom is -0.467 e. The molecule has 6 rings (SSSR count). The molecule has 0 fully saturated rings. The number of nitrogens with zero attached hydrogens (tertiary/aromatic N) is 4. The van der Waals surface area contributed by atoms with Gasteiger partial charge in [-0.25, -0.2) is 23.4 Å². The number of hydrogen-bond donors (Lipinski definition) is 1. The van der Waals surface area contributed by atoms with E-state index in [1.54, 1.807) is 35.5 Å². The van der Waals surface area contributed by atoms with Crippen molar-refractivity contribution < 1.29 is 12.8 Å². The van der Waals surface area contributed by atoms with E-state index in [0.717, 1.165) is 45.5 Å². The highest BCUT2D eigenvalue weighted by Crippen LogP contribution is 2.38. The third kappa shape index (κ3) is 4.85. The zero-order valence-electron chi connectivity index (χ0n) is 20.2. The van der Waals surface area contributed by atoms with E-state index in [9.17, 15) is 8.42 Å². The van der Waals surface area contributed by atoms with E-state index in [1.165, 1.54) is 0 Å². The maximum absolute atomic E-state index is 11.8. The Morgan fingerprint density at radius 2 is 1.76 bits per heavy atom. The average Bonchev–Trinajstić information content (AvgIpc) is 3.58. The lowest BCUT2D eigenvalue weighted by Crippen LogP contribution is -2.20. The molecule has 1 N–H and O–H groups in total. The Labute approximate surface area is 224 Å². The van der Waals surface area contributed by atoms with Crippen LogP contribution in [0.15, 0.2) is 101 Å². The molecule has 0 bridgehead atoms. The predicted octanol–water partition coefficient (Wildman–Crippen LogP) is 6.27. The topological polar surface area (TPSA) is 101 Å². The second kappa shape index (κ2) is 9.59. The van der Waals surface area contributed by atoms with Crippen molar-refractivity contribution in [3.63, 3.8) is 0 Å². The molecule has 1 atom stereocenters. The second-order valence-corrected chi connectivity index (χ2v) is 11.2. The van der Waals surface area contributed by atoms with Crippen molar-refractivity contribution in [2.24, 2.45) is 5.10 Å². The van der Waals surface area contributed by atoms with Gasteiger partial charge >= 0.3 is 0 Å². The molecule has 2 aromatic heterocycles. The maximum atomic E-state index is 11.8. The summed E-state index contributed by atoms with van der Waals surface area (Å²) in [5.74, 6) is 1.13. The zero-order chi connectivity index (χ0) is 26.3. The van der Waals surface area contributed by atoms with Gasteiger partial charge in [-0.2, -0.15) is 5.10 Å². The van der Waals surface area contributed by atoms with E-state index in [1.807, 2.05) is 60.7 Å². The highest BCUT2D eigenvalue weighted by molar-refractivity contribution is 7.92. The van der Waals surface area contributed by atoms with Crippen molar-refractivity contribution in [3.05, 3.63) is 108 Å². The normalized spacial score (nSPS) is 15.6. The number of hydrogen-bond acceptors (Lipinski definition) is 7. The van der Waals surface area contributed by atoms with Crippen LogP contribution < -0.4 is 9.73 Å². The summed E-state index contributed by atoms with van der Waals surface area (Å²) in [6.07, 6.45) is 3.26. The number of halogens is 1. The molecule has 8 nitrogen and oxygen atoms in total. The smallest absolute Gasteiger partial charge is 0.248 e. The number of benzene rings is 3. The van der Waals surface area contributed by atoms with E-state index in [2.05, 4.69) is 4.72 Å². The Kier molecular flexibility index (Phi) is 6.09. The number of nitrogens with one attached hydrogen (secondary N) is 1. The highest BCUT2D eigenvalue weighted by Gasteiger charge is 2.34. The molecule has 3 heterocycles. The molecule has 5 aromatic rings. The van der Waals surface area contributed by atoms with Crippen molar-refractivity contribution in [1.29, 1.82) is 0 Å². The largest absolute Gasteiger partial charge is 0.467 e. The van der Waals surface area contributed by atoms with Crippen LogP contribution in [0.1, 0.15) is 23.8 Å². The molecule has 1 aliphatic rings. The third-order valence-electron chi connectivity index (χ3n) is 6.18. The SMILES string of the molecule is CS(=O)(=O)Nc1cccc(C2=NN(c3nc(-c4ccccc4)c4cc(Cl)ccc4n3)C(c3ccco3)C2)c1. The molecule has 0 saturated carbocycles. The summed E-state index contributed by atoms with van der Waals surface area (Å²) in [5, 5.41) is 8.13. The van der Waals surface area contributed by atoms with Gasteiger partial charge in [0.05, 0.1) is 29.4 Å². The second-order valence-electron chi connectivity index (χ2n) is 8.98. The van der Waals surface area contributed by atoms with Gasteiger partial charge in [-0.3, -0.25) is 4.72 Å².